The van der Waals surface area contributed by atoms with Gasteiger partial charge in [-0.1, -0.05) is 6.92 Å². The average molecular weight is 307 g/mol. The van der Waals surface area contributed by atoms with Crippen LogP contribution in [0.25, 0.3) is 11.0 Å². The minimum atomic E-state index is -2.84. The molecular weight excluding hydrogens is 286 g/mol. The number of benzene rings is 1. The Balaban J connectivity index is 1.97. The van der Waals surface area contributed by atoms with Gasteiger partial charge in [-0.05, 0) is 37.0 Å². The third kappa shape index (κ3) is 2.90. The number of anilines is 1. The molecule has 0 saturated carbocycles. The number of hydrogen-bond donors (Lipinski definition) is 1. The summed E-state index contributed by atoms with van der Waals surface area (Å²) in [6.07, 6.45) is 2.67. The Morgan fingerprint density at radius 3 is 2.90 bits per heavy atom. The van der Waals surface area contributed by atoms with Crippen LogP contribution in [-0.2, 0) is 22.8 Å². The predicted molar refractivity (Wildman–Crippen MR) is 84.9 cm³/mol. The van der Waals surface area contributed by atoms with Crippen molar-refractivity contribution in [1.82, 2.24) is 9.55 Å². The molecule has 2 N–H and O–H groups in total. The molecule has 1 unspecified atom stereocenters. The number of fused-ring (bicyclic) bond motifs is 1. The maximum Gasteiger partial charge on any atom is 0.150 e. The van der Waals surface area contributed by atoms with Gasteiger partial charge in [-0.2, -0.15) is 0 Å². The van der Waals surface area contributed by atoms with Gasteiger partial charge in [-0.3, -0.25) is 0 Å². The van der Waals surface area contributed by atoms with Crippen molar-refractivity contribution in [2.24, 2.45) is 5.92 Å². The molecule has 0 aliphatic carbocycles. The Morgan fingerprint density at radius 1 is 1.43 bits per heavy atom. The first-order chi connectivity index (χ1) is 9.98. The lowest BCUT2D eigenvalue weighted by atomic mass is 10.1. The van der Waals surface area contributed by atoms with Gasteiger partial charge in [0.05, 0.1) is 22.5 Å². The number of nitrogens with zero attached hydrogens (tertiary/aromatic N) is 2. The fourth-order valence-electron chi connectivity index (χ4n) is 3.09. The van der Waals surface area contributed by atoms with E-state index in [1.165, 1.54) is 0 Å². The standard InChI is InChI=1S/C15H21N3O2S/c1-2-3-15-17-13-8-12(16)4-5-14(13)18(15)9-11-6-7-21(19,20)10-11/h4-5,8,11H,2-3,6-7,9-10,16H2,1H3. The Labute approximate surface area is 125 Å². The Morgan fingerprint density at radius 2 is 2.24 bits per heavy atom. The number of aryl methyl sites for hydroxylation is 1. The summed E-state index contributed by atoms with van der Waals surface area (Å²) >= 11 is 0. The van der Waals surface area contributed by atoms with E-state index in [-0.39, 0.29) is 5.92 Å². The molecule has 1 aliphatic heterocycles. The van der Waals surface area contributed by atoms with E-state index in [0.717, 1.165) is 42.7 Å². The Kier molecular flexibility index (Phi) is 3.65. The van der Waals surface area contributed by atoms with Gasteiger partial charge < -0.3 is 10.3 Å². The van der Waals surface area contributed by atoms with E-state index in [1.807, 2.05) is 18.2 Å². The monoisotopic (exact) mass is 307 g/mol. The number of imidazole rings is 1. The molecule has 1 aliphatic rings. The first-order valence-electron chi connectivity index (χ1n) is 7.43. The van der Waals surface area contributed by atoms with E-state index < -0.39 is 9.84 Å². The fraction of sp³-hybridized carbons (Fsp3) is 0.533. The van der Waals surface area contributed by atoms with Crippen molar-refractivity contribution >= 4 is 26.6 Å². The molecule has 1 fully saturated rings. The van der Waals surface area contributed by atoms with E-state index in [1.54, 1.807) is 0 Å². The second-order valence-electron chi connectivity index (χ2n) is 5.91. The number of rotatable bonds is 4. The van der Waals surface area contributed by atoms with Crippen LogP contribution in [0.4, 0.5) is 5.69 Å². The molecule has 1 saturated heterocycles. The molecule has 1 aromatic heterocycles. The molecule has 0 bridgehead atoms. The van der Waals surface area contributed by atoms with E-state index in [9.17, 15) is 8.42 Å². The zero-order chi connectivity index (χ0) is 15.0. The van der Waals surface area contributed by atoms with Crippen molar-refractivity contribution in [3.63, 3.8) is 0 Å². The third-order valence-corrected chi connectivity index (χ3v) is 5.93. The molecule has 3 rings (SSSR count). The van der Waals surface area contributed by atoms with E-state index in [0.29, 0.717) is 17.2 Å². The molecule has 2 heterocycles. The van der Waals surface area contributed by atoms with Crippen molar-refractivity contribution in [3.05, 3.63) is 24.0 Å². The highest BCUT2D eigenvalue weighted by Crippen LogP contribution is 2.25. The largest absolute Gasteiger partial charge is 0.399 e. The summed E-state index contributed by atoms with van der Waals surface area (Å²) in [6, 6.07) is 5.75. The molecule has 2 aromatic rings. The molecule has 0 radical (unpaired) electrons. The molecule has 114 valence electrons. The minimum Gasteiger partial charge on any atom is -0.399 e. The average Bonchev–Trinajstić information content (AvgIpc) is 2.91. The van der Waals surface area contributed by atoms with Gasteiger partial charge in [0.1, 0.15) is 5.82 Å². The lowest BCUT2D eigenvalue weighted by molar-refractivity contribution is 0.485. The highest BCUT2D eigenvalue weighted by molar-refractivity contribution is 7.91. The maximum atomic E-state index is 11.6. The molecule has 0 spiro atoms. The lowest BCUT2D eigenvalue weighted by Gasteiger charge is -2.13. The van der Waals surface area contributed by atoms with Gasteiger partial charge in [0.15, 0.2) is 9.84 Å². The maximum absolute atomic E-state index is 11.6. The van der Waals surface area contributed by atoms with Gasteiger partial charge in [0.25, 0.3) is 0 Å². The molecule has 21 heavy (non-hydrogen) atoms. The molecular formula is C15H21N3O2S. The van der Waals surface area contributed by atoms with Gasteiger partial charge >= 0.3 is 0 Å². The van der Waals surface area contributed by atoms with Crippen LogP contribution >= 0.6 is 0 Å². The van der Waals surface area contributed by atoms with Crippen molar-refractivity contribution in [2.75, 3.05) is 17.2 Å². The van der Waals surface area contributed by atoms with Crippen LogP contribution in [0.15, 0.2) is 18.2 Å². The highest BCUT2D eigenvalue weighted by atomic mass is 32.2. The lowest BCUT2D eigenvalue weighted by Crippen LogP contribution is -2.14. The molecule has 5 nitrogen and oxygen atoms in total. The van der Waals surface area contributed by atoms with Crippen LogP contribution in [0.1, 0.15) is 25.6 Å². The Hall–Kier alpha value is -1.56. The zero-order valence-electron chi connectivity index (χ0n) is 12.2. The minimum absolute atomic E-state index is 0.195. The van der Waals surface area contributed by atoms with Crippen molar-refractivity contribution in [1.29, 1.82) is 0 Å². The fourth-order valence-corrected chi connectivity index (χ4v) is 4.94. The summed E-state index contributed by atoms with van der Waals surface area (Å²) in [5.41, 5.74) is 8.49. The van der Waals surface area contributed by atoms with Crippen LogP contribution in [0.5, 0.6) is 0 Å². The molecule has 0 amide bonds. The van der Waals surface area contributed by atoms with Crippen molar-refractivity contribution in [2.45, 2.75) is 32.7 Å². The van der Waals surface area contributed by atoms with Crippen LogP contribution in [0.2, 0.25) is 0 Å². The van der Waals surface area contributed by atoms with Gasteiger partial charge in [-0.25, -0.2) is 13.4 Å². The summed E-state index contributed by atoms with van der Waals surface area (Å²) in [4.78, 5) is 4.68. The second kappa shape index (κ2) is 5.33. The highest BCUT2D eigenvalue weighted by Gasteiger charge is 2.29. The molecule has 1 atom stereocenters. The van der Waals surface area contributed by atoms with Gasteiger partial charge in [-0.15, -0.1) is 0 Å². The van der Waals surface area contributed by atoms with Gasteiger partial charge in [0.2, 0.25) is 0 Å². The van der Waals surface area contributed by atoms with Crippen LogP contribution in [0, 0.1) is 5.92 Å². The summed E-state index contributed by atoms with van der Waals surface area (Å²) in [5.74, 6) is 1.84. The number of sulfone groups is 1. The second-order valence-corrected chi connectivity index (χ2v) is 8.13. The number of aromatic nitrogens is 2. The first-order valence-corrected chi connectivity index (χ1v) is 9.25. The first kappa shape index (κ1) is 14.4. The number of hydrogen-bond acceptors (Lipinski definition) is 4. The molecule has 1 aromatic carbocycles. The van der Waals surface area contributed by atoms with E-state index in [4.69, 9.17) is 5.73 Å². The quantitative estimate of drug-likeness (QED) is 0.876. The van der Waals surface area contributed by atoms with Gasteiger partial charge in [0, 0.05) is 18.7 Å². The normalized spacial score (nSPS) is 21.1. The number of nitrogens with two attached hydrogens (primary N) is 1. The molecule has 6 heteroatoms. The predicted octanol–water partition coefficient (Wildman–Crippen LogP) is 2.01. The van der Waals surface area contributed by atoms with Crippen LogP contribution in [0.3, 0.4) is 0 Å². The van der Waals surface area contributed by atoms with Crippen molar-refractivity contribution in [3.8, 4) is 0 Å². The SMILES string of the molecule is CCCc1nc2cc(N)ccc2n1CC1CCS(=O)(=O)C1. The summed E-state index contributed by atoms with van der Waals surface area (Å²) in [6.45, 7) is 2.85. The number of nitrogen functional groups attached to an aromatic ring is 1. The third-order valence-electron chi connectivity index (χ3n) is 4.09. The summed E-state index contributed by atoms with van der Waals surface area (Å²) in [5, 5.41) is 0. The van der Waals surface area contributed by atoms with Crippen LogP contribution < -0.4 is 5.73 Å². The summed E-state index contributed by atoms with van der Waals surface area (Å²) < 4.78 is 25.5. The van der Waals surface area contributed by atoms with E-state index in [2.05, 4.69) is 16.5 Å². The smallest absolute Gasteiger partial charge is 0.150 e. The topological polar surface area (TPSA) is 78.0 Å². The summed E-state index contributed by atoms with van der Waals surface area (Å²) in [7, 11) is -2.84. The zero-order valence-corrected chi connectivity index (χ0v) is 13.1. The Bertz CT molecular complexity index is 765. The van der Waals surface area contributed by atoms with Crippen LogP contribution in [-0.4, -0.2) is 29.5 Å². The van der Waals surface area contributed by atoms with E-state index >= 15 is 0 Å². The van der Waals surface area contributed by atoms with Crippen molar-refractivity contribution < 1.29 is 8.42 Å².